The number of benzene rings is 1. The number of rotatable bonds is 4. The minimum Gasteiger partial charge on any atom is -0.376 e. The van der Waals surface area contributed by atoms with Crippen LogP contribution in [0.3, 0.4) is 0 Å². The number of hydrogen-bond donors (Lipinski definition) is 0. The Labute approximate surface area is 98.7 Å². The largest absolute Gasteiger partial charge is 0.376 e. The van der Waals surface area contributed by atoms with Crippen molar-refractivity contribution in [1.82, 2.24) is 0 Å². The Morgan fingerprint density at radius 3 is 3.13 bits per heavy atom. The van der Waals surface area contributed by atoms with Gasteiger partial charge in [-0.05, 0) is 30.5 Å². The summed E-state index contributed by atoms with van der Waals surface area (Å²) in [5.74, 6) is 0. The molecule has 1 heterocycles. The first kappa shape index (κ1) is 11.1. The maximum absolute atomic E-state index is 5.61. The molecular formula is C12H15BrO2. The molecule has 0 radical (unpaired) electrons. The molecule has 1 unspecified atom stereocenters. The van der Waals surface area contributed by atoms with E-state index in [1.165, 1.54) is 12.0 Å². The molecule has 0 amide bonds. The second-order valence-electron chi connectivity index (χ2n) is 3.78. The minimum absolute atomic E-state index is 0.317. The molecule has 0 aromatic heterocycles. The number of ether oxygens (including phenoxy) is 2. The monoisotopic (exact) mass is 270 g/mol. The van der Waals surface area contributed by atoms with Crippen molar-refractivity contribution in [2.24, 2.45) is 0 Å². The summed E-state index contributed by atoms with van der Waals surface area (Å²) in [6.07, 6.45) is 2.63. The summed E-state index contributed by atoms with van der Waals surface area (Å²) in [5.41, 5.74) is 1.20. The molecule has 1 aliphatic heterocycles. The van der Waals surface area contributed by atoms with Gasteiger partial charge in [0.15, 0.2) is 0 Å². The van der Waals surface area contributed by atoms with Crippen molar-refractivity contribution in [2.75, 3.05) is 13.2 Å². The van der Waals surface area contributed by atoms with Crippen LogP contribution in [0.25, 0.3) is 0 Å². The smallest absolute Gasteiger partial charge is 0.0809 e. The van der Waals surface area contributed by atoms with Gasteiger partial charge < -0.3 is 9.47 Å². The van der Waals surface area contributed by atoms with Gasteiger partial charge in [0, 0.05) is 11.1 Å². The zero-order chi connectivity index (χ0) is 10.5. The van der Waals surface area contributed by atoms with Gasteiger partial charge in [0.05, 0.1) is 19.3 Å². The van der Waals surface area contributed by atoms with E-state index in [1.807, 2.05) is 12.1 Å². The van der Waals surface area contributed by atoms with Crippen molar-refractivity contribution in [3.05, 3.63) is 34.3 Å². The zero-order valence-electron chi connectivity index (χ0n) is 8.62. The highest BCUT2D eigenvalue weighted by atomic mass is 79.9. The maximum atomic E-state index is 5.61. The predicted octanol–water partition coefficient (Wildman–Crippen LogP) is 3.14. The Morgan fingerprint density at radius 1 is 1.47 bits per heavy atom. The highest BCUT2D eigenvalue weighted by Gasteiger charge is 2.14. The zero-order valence-corrected chi connectivity index (χ0v) is 10.2. The molecule has 0 aliphatic carbocycles. The van der Waals surface area contributed by atoms with Gasteiger partial charge >= 0.3 is 0 Å². The summed E-state index contributed by atoms with van der Waals surface area (Å²) < 4.78 is 12.2. The topological polar surface area (TPSA) is 18.5 Å². The molecule has 82 valence electrons. The van der Waals surface area contributed by atoms with Gasteiger partial charge in [-0.25, -0.2) is 0 Å². The van der Waals surface area contributed by atoms with E-state index in [0.29, 0.717) is 19.3 Å². The predicted molar refractivity (Wildman–Crippen MR) is 62.8 cm³/mol. The molecule has 0 saturated carbocycles. The molecule has 2 nitrogen and oxygen atoms in total. The van der Waals surface area contributed by atoms with Crippen LogP contribution in [0, 0.1) is 0 Å². The lowest BCUT2D eigenvalue weighted by molar-refractivity contribution is 0.0106. The normalized spacial score (nSPS) is 20.7. The van der Waals surface area contributed by atoms with E-state index in [-0.39, 0.29) is 0 Å². The van der Waals surface area contributed by atoms with Gasteiger partial charge in [-0.1, -0.05) is 28.1 Å². The second kappa shape index (κ2) is 5.64. The van der Waals surface area contributed by atoms with E-state index in [9.17, 15) is 0 Å². The van der Waals surface area contributed by atoms with Crippen LogP contribution in [0.5, 0.6) is 0 Å². The van der Waals surface area contributed by atoms with Crippen LogP contribution in [-0.4, -0.2) is 19.3 Å². The van der Waals surface area contributed by atoms with Crippen molar-refractivity contribution >= 4 is 15.9 Å². The van der Waals surface area contributed by atoms with Gasteiger partial charge in [-0.3, -0.25) is 0 Å². The third kappa shape index (κ3) is 3.59. The van der Waals surface area contributed by atoms with Crippen molar-refractivity contribution in [3.8, 4) is 0 Å². The molecule has 1 aliphatic rings. The Balaban J connectivity index is 1.73. The molecule has 2 rings (SSSR count). The second-order valence-corrected chi connectivity index (χ2v) is 4.70. The summed E-state index contributed by atoms with van der Waals surface area (Å²) in [4.78, 5) is 0. The van der Waals surface area contributed by atoms with Gasteiger partial charge in [0.1, 0.15) is 0 Å². The number of halogens is 1. The van der Waals surface area contributed by atoms with E-state index in [0.717, 1.165) is 17.5 Å². The first-order valence-corrected chi connectivity index (χ1v) is 6.08. The van der Waals surface area contributed by atoms with Crippen molar-refractivity contribution in [1.29, 1.82) is 0 Å². The Morgan fingerprint density at radius 2 is 2.40 bits per heavy atom. The summed E-state index contributed by atoms with van der Waals surface area (Å²) in [6, 6.07) is 8.19. The fourth-order valence-electron chi connectivity index (χ4n) is 1.71. The van der Waals surface area contributed by atoms with E-state index in [2.05, 4.69) is 28.1 Å². The molecule has 0 spiro atoms. The van der Waals surface area contributed by atoms with Gasteiger partial charge in [-0.15, -0.1) is 0 Å². The lowest BCUT2D eigenvalue weighted by atomic mass is 10.2. The summed E-state index contributed by atoms with van der Waals surface area (Å²) in [6.45, 7) is 2.27. The highest BCUT2D eigenvalue weighted by Crippen LogP contribution is 2.15. The van der Waals surface area contributed by atoms with Crippen LogP contribution < -0.4 is 0 Å². The molecule has 0 bridgehead atoms. The third-order valence-electron chi connectivity index (χ3n) is 2.49. The van der Waals surface area contributed by atoms with Crippen LogP contribution >= 0.6 is 15.9 Å². The molecular weight excluding hydrogens is 256 g/mol. The van der Waals surface area contributed by atoms with E-state index < -0.39 is 0 Å². The van der Waals surface area contributed by atoms with E-state index >= 15 is 0 Å². The van der Waals surface area contributed by atoms with Crippen LogP contribution in [-0.2, 0) is 16.1 Å². The average Bonchev–Trinajstić information content (AvgIpc) is 2.71. The summed E-state index contributed by atoms with van der Waals surface area (Å²) in [7, 11) is 0. The van der Waals surface area contributed by atoms with Crippen LogP contribution in [0.1, 0.15) is 18.4 Å². The fourth-order valence-corrected chi connectivity index (χ4v) is 2.16. The molecule has 1 aromatic carbocycles. The summed E-state index contributed by atoms with van der Waals surface area (Å²) in [5, 5.41) is 0. The molecule has 1 saturated heterocycles. The van der Waals surface area contributed by atoms with E-state index in [4.69, 9.17) is 9.47 Å². The maximum Gasteiger partial charge on any atom is 0.0809 e. The Kier molecular flexibility index (Phi) is 4.18. The fraction of sp³-hybridized carbons (Fsp3) is 0.500. The molecule has 3 heteroatoms. The standard InChI is InChI=1S/C12H15BrO2/c13-11-4-1-3-10(7-11)8-14-9-12-5-2-6-15-12/h1,3-4,7,12H,2,5-6,8-9H2. The lowest BCUT2D eigenvalue weighted by Gasteiger charge is -2.10. The molecule has 0 N–H and O–H groups in total. The minimum atomic E-state index is 0.317. The van der Waals surface area contributed by atoms with Gasteiger partial charge in [-0.2, -0.15) is 0 Å². The van der Waals surface area contributed by atoms with Crippen molar-refractivity contribution in [3.63, 3.8) is 0 Å². The molecule has 1 fully saturated rings. The SMILES string of the molecule is Brc1cccc(COCC2CCCO2)c1. The van der Waals surface area contributed by atoms with E-state index in [1.54, 1.807) is 0 Å². The van der Waals surface area contributed by atoms with Crippen LogP contribution in [0.15, 0.2) is 28.7 Å². The lowest BCUT2D eigenvalue weighted by Crippen LogP contribution is -2.13. The Bertz CT molecular complexity index is 308. The van der Waals surface area contributed by atoms with Crippen LogP contribution in [0.2, 0.25) is 0 Å². The molecule has 1 aromatic rings. The Hall–Kier alpha value is -0.380. The highest BCUT2D eigenvalue weighted by molar-refractivity contribution is 9.10. The average molecular weight is 271 g/mol. The first-order chi connectivity index (χ1) is 7.34. The quantitative estimate of drug-likeness (QED) is 0.837. The molecule has 1 atom stereocenters. The third-order valence-corrected chi connectivity index (χ3v) is 2.98. The molecule has 15 heavy (non-hydrogen) atoms. The first-order valence-electron chi connectivity index (χ1n) is 5.28. The van der Waals surface area contributed by atoms with Gasteiger partial charge in [0.25, 0.3) is 0 Å². The summed E-state index contributed by atoms with van der Waals surface area (Å²) >= 11 is 3.44. The van der Waals surface area contributed by atoms with Crippen molar-refractivity contribution in [2.45, 2.75) is 25.6 Å². The van der Waals surface area contributed by atoms with Gasteiger partial charge in [0.2, 0.25) is 0 Å². The van der Waals surface area contributed by atoms with Crippen molar-refractivity contribution < 1.29 is 9.47 Å². The van der Waals surface area contributed by atoms with Crippen LogP contribution in [0.4, 0.5) is 0 Å². The number of hydrogen-bond acceptors (Lipinski definition) is 2.